The fraction of sp³-hybridized carbons (Fsp3) is 0.379. The van der Waals surface area contributed by atoms with Gasteiger partial charge in [0.05, 0.1) is 12.7 Å². The molecular weight excluding hydrogens is 466 g/mol. The molecule has 2 N–H and O–H groups in total. The normalized spacial score (nSPS) is 20.4. The third-order valence-electron chi connectivity index (χ3n) is 7.54. The third-order valence-corrected chi connectivity index (χ3v) is 7.54. The molecule has 0 spiro atoms. The number of ether oxygens (including phenoxy) is 1. The van der Waals surface area contributed by atoms with Gasteiger partial charge in [-0.05, 0) is 81.0 Å². The molecule has 2 fully saturated rings. The third kappa shape index (κ3) is 5.43. The highest BCUT2D eigenvalue weighted by molar-refractivity contribution is 5.96. The quantitative estimate of drug-likeness (QED) is 0.479. The van der Waals surface area contributed by atoms with Gasteiger partial charge in [0.2, 0.25) is 0 Å². The van der Waals surface area contributed by atoms with Crippen molar-refractivity contribution in [2.24, 2.45) is 0 Å². The van der Waals surface area contributed by atoms with Crippen LogP contribution in [0.1, 0.15) is 60.4 Å². The number of hydrogen-bond donors (Lipinski definition) is 2. The van der Waals surface area contributed by atoms with Crippen molar-refractivity contribution in [3.8, 4) is 5.75 Å². The molecule has 2 saturated heterocycles. The van der Waals surface area contributed by atoms with Gasteiger partial charge in [-0.1, -0.05) is 6.07 Å². The number of carbonyl (C=O) groups excluding carboxylic acids is 2. The van der Waals surface area contributed by atoms with Crippen molar-refractivity contribution in [2.45, 2.75) is 57.2 Å². The van der Waals surface area contributed by atoms with Crippen molar-refractivity contribution in [1.82, 2.24) is 20.6 Å². The van der Waals surface area contributed by atoms with Gasteiger partial charge in [-0.2, -0.15) is 0 Å². The minimum atomic E-state index is -0.120. The predicted octanol–water partition coefficient (Wildman–Crippen LogP) is 4.19. The lowest BCUT2D eigenvalue weighted by Gasteiger charge is -2.40. The molecule has 2 aromatic heterocycles. The van der Waals surface area contributed by atoms with Gasteiger partial charge in [0, 0.05) is 57.2 Å². The average Bonchev–Trinajstić information content (AvgIpc) is 3.19. The molecule has 2 atom stereocenters. The summed E-state index contributed by atoms with van der Waals surface area (Å²) in [4.78, 5) is 36.6. The number of aromatic nitrogens is 2. The number of piperidine rings is 1. The Morgan fingerprint density at radius 1 is 1.05 bits per heavy atom. The van der Waals surface area contributed by atoms with Crippen molar-refractivity contribution in [2.75, 3.05) is 18.6 Å². The van der Waals surface area contributed by atoms with Gasteiger partial charge in [0.15, 0.2) is 0 Å². The van der Waals surface area contributed by atoms with E-state index in [0.717, 1.165) is 54.8 Å². The maximum absolute atomic E-state index is 13.0. The van der Waals surface area contributed by atoms with Gasteiger partial charge >= 0.3 is 0 Å². The lowest BCUT2D eigenvalue weighted by molar-refractivity contribution is 0.0924. The highest BCUT2D eigenvalue weighted by atomic mass is 16.5. The predicted molar refractivity (Wildman–Crippen MR) is 146 cm³/mol. The molecule has 2 aliphatic heterocycles. The van der Waals surface area contributed by atoms with Crippen LogP contribution in [-0.4, -0.2) is 53.6 Å². The Labute approximate surface area is 220 Å². The van der Waals surface area contributed by atoms with E-state index >= 15 is 0 Å². The van der Waals surface area contributed by atoms with Gasteiger partial charge < -0.3 is 20.3 Å². The summed E-state index contributed by atoms with van der Waals surface area (Å²) in [5.74, 6) is 1.45. The zero-order valence-electron chi connectivity index (χ0n) is 21.3. The largest absolute Gasteiger partial charge is 0.496 e. The van der Waals surface area contributed by atoms with E-state index in [9.17, 15) is 9.59 Å². The smallest absolute Gasteiger partial charge is 0.252 e. The number of rotatable bonds is 8. The molecule has 3 aromatic rings. The van der Waals surface area contributed by atoms with Crippen LogP contribution in [0.2, 0.25) is 0 Å². The number of benzene rings is 1. The summed E-state index contributed by atoms with van der Waals surface area (Å²) in [7, 11) is 1.62. The summed E-state index contributed by atoms with van der Waals surface area (Å²) in [6.07, 6.45) is 9.84. The second-order valence-electron chi connectivity index (χ2n) is 9.83. The fourth-order valence-corrected chi connectivity index (χ4v) is 5.66. The van der Waals surface area contributed by atoms with E-state index in [4.69, 9.17) is 4.74 Å². The molecule has 0 saturated carbocycles. The zero-order valence-corrected chi connectivity index (χ0v) is 21.3. The second kappa shape index (κ2) is 11.0. The van der Waals surface area contributed by atoms with E-state index in [1.54, 1.807) is 25.7 Å². The Morgan fingerprint density at radius 2 is 1.81 bits per heavy atom. The summed E-state index contributed by atoms with van der Waals surface area (Å²) in [5.41, 5.74) is 3.21. The minimum absolute atomic E-state index is 0. The van der Waals surface area contributed by atoms with Crippen LogP contribution in [-0.2, 0) is 6.42 Å². The molecule has 0 aliphatic carbocycles. The summed E-state index contributed by atoms with van der Waals surface area (Å²) in [5, 5.41) is 6.22. The molecule has 2 aliphatic rings. The average molecular weight is 504 g/mol. The second-order valence-corrected chi connectivity index (χ2v) is 9.83. The first-order chi connectivity index (χ1) is 18.0. The Morgan fingerprint density at radius 3 is 2.49 bits per heavy atom. The van der Waals surface area contributed by atoms with Crippen LogP contribution in [0.5, 0.6) is 5.75 Å². The first-order valence-electron chi connectivity index (χ1n) is 12.9. The number of nitrogens with zero attached hydrogens (tertiary/aromatic N) is 3. The van der Waals surface area contributed by atoms with Crippen molar-refractivity contribution in [3.05, 3.63) is 83.3 Å². The van der Waals surface area contributed by atoms with Crippen molar-refractivity contribution in [3.63, 3.8) is 0 Å². The number of amides is 2. The van der Waals surface area contributed by atoms with Crippen LogP contribution in [0.3, 0.4) is 0 Å². The minimum Gasteiger partial charge on any atom is -0.496 e. The van der Waals surface area contributed by atoms with E-state index in [1.807, 2.05) is 49.4 Å². The van der Waals surface area contributed by atoms with Crippen LogP contribution < -0.4 is 20.3 Å². The molecule has 4 heterocycles. The molecule has 2 unspecified atom stereocenters. The SMILES string of the molecule is COc1cccc(C(=O)NC2CC3CCC(C2)N3c2ccc(C(=O)NCCc3ccncc3)cn2)c1C.[HH].[HH]. The highest BCUT2D eigenvalue weighted by Crippen LogP contribution is 2.38. The molecule has 37 heavy (non-hydrogen) atoms. The Bertz CT molecular complexity index is 1250. The van der Waals surface area contributed by atoms with Crippen LogP contribution in [0.15, 0.2) is 61.1 Å². The summed E-state index contributed by atoms with van der Waals surface area (Å²) in [6.45, 7) is 2.47. The number of anilines is 1. The van der Waals surface area contributed by atoms with Gasteiger partial charge in [-0.25, -0.2) is 4.98 Å². The summed E-state index contributed by atoms with van der Waals surface area (Å²) in [6, 6.07) is 14.0. The van der Waals surface area contributed by atoms with Crippen molar-refractivity contribution in [1.29, 1.82) is 0 Å². The number of pyridine rings is 2. The molecule has 2 amide bonds. The lowest BCUT2D eigenvalue weighted by atomic mass is 9.96. The highest BCUT2D eigenvalue weighted by Gasteiger charge is 2.42. The van der Waals surface area contributed by atoms with Gasteiger partial charge in [0.25, 0.3) is 11.8 Å². The molecule has 5 rings (SSSR count). The number of carbonyl (C=O) groups is 2. The van der Waals surface area contributed by atoms with Crippen LogP contribution in [0.4, 0.5) is 5.82 Å². The van der Waals surface area contributed by atoms with Crippen LogP contribution in [0, 0.1) is 6.92 Å². The van der Waals surface area contributed by atoms with Crippen molar-refractivity contribution >= 4 is 17.6 Å². The molecule has 0 radical (unpaired) electrons. The van der Waals surface area contributed by atoms with E-state index in [0.29, 0.717) is 29.8 Å². The lowest BCUT2D eigenvalue weighted by Crippen LogP contribution is -2.50. The number of hydrogen-bond acceptors (Lipinski definition) is 6. The topological polar surface area (TPSA) is 96.5 Å². The maximum atomic E-state index is 13.0. The standard InChI is InChI=1S/C29H33N5O3.2H2/c1-19-25(4-3-5-26(19)37-2)29(36)33-22-16-23-7-8-24(17-22)34(23)27-9-6-21(18-32-27)28(35)31-15-12-20-10-13-30-14-11-20;;/h3-6,9-11,13-14,18,22-24H,7-8,12,15-17H2,1-2H3,(H,31,35)(H,33,36);2*1H. The van der Waals surface area contributed by atoms with E-state index in [1.165, 1.54) is 0 Å². The number of nitrogens with one attached hydrogen (secondary N) is 2. The molecule has 196 valence electrons. The Kier molecular flexibility index (Phi) is 7.35. The first kappa shape index (κ1) is 24.7. The van der Waals surface area contributed by atoms with Crippen LogP contribution >= 0.6 is 0 Å². The van der Waals surface area contributed by atoms with Gasteiger partial charge in [-0.3, -0.25) is 14.6 Å². The van der Waals surface area contributed by atoms with Gasteiger partial charge in [-0.15, -0.1) is 0 Å². The van der Waals surface area contributed by atoms with E-state index in [-0.39, 0.29) is 20.7 Å². The zero-order chi connectivity index (χ0) is 25.8. The van der Waals surface area contributed by atoms with E-state index < -0.39 is 0 Å². The van der Waals surface area contributed by atoms with E-state index in [2.05, 4.69) is 25.5 Å². The monoisotopic (exact) mass is 503 g/mol. The van der Waals surface area contributed by atoms with Crippen LogP contribution in [0.25, 0.3) is 0 Å². The molecule has 2 bridgehead atoms. The molecule has 8 nitrogen and oxygen atoms in total. The number of fused-ring (bicyclic) bond motifs is 2. The summed E-state index contributed by atoms with van der Waals surface area (Å²) >= 11 is 0. The maximum Gasteiger partial charge on any atom is 0.252 e. The first-order valence-corrected chi connectivity index (χ1v) is 12.9. The molecule has 8 heteroatoms. The molecule has 1 aromatic carbocycles. The summed E-state index contributed by atoms with van der Waals surface area (Å²) < 4.78 is 5.37. The Balaban J connectivity index is 0.00000210. The van der Waals surface area contributed by atoms with Gasteiger partial charge in [0.1, 0.15) is 11.6 Å². The fourth-order valence-electron chi connectivity index (χ4n) is 5.66. The Hall–Kier alpha value is -3.94. The molecular formula is C29H37N5O3. The number of methoxy groups -OCH3 is 1. The van der Waals surface area contributed by atoms with Crippen molar-refractivity contribution < 1.29 is 17.2 Å².